The first-order valence-corrected chi connectivity index (χ1v) is 9.64. The third-order valence-corrected chi connectivity index (χ3v) is 5.01. The van der Waals surface area contributed by atoms with Crippen molar-refractivity contribution in [1.29, 1.82) is 0 Å². The van der Waals surface area contributed by atoms with Crippen molar-refractivity contribution in [2.24, 2.45) is 0 Å². The van der Waals surface area contributed by atoms with Gasteiger partial charge in [-0.1, -0.05) is 12.1 Å². The van der Waals surface area contributed by atoms with Gasteiger partial charge in [0.2, 0.25) is 0 Å². The SMILES string of the molecule is COC(=O)c1ccc(N2CCCC2)c(NC(=O)N(C)Cc2cccc(OC)c2)c1. The molecular formula is C22H27N3O4. The predicted octanol–water partition coefficient (Wildman–Crippen LogP) is 3.75. The molecule has 2 amide bonds. The van der Waals surface area contributed by atoms with E-state index in [1.54, 1.807) is 31.2 Å². The third-order valence-electron chi connectivity index (χ3n) is 5.01. The highest BCUT2D eigenvalue weighted by Gasteiger charge is 2.20. The van der Waals surface area contributed by atoms with E-state index in [-0.39, 0.29) is 6.03 Å². The highest BCUT2D eigenvalue weighted by atomic mass is 16.5. The molecule has 154 valence electrons. The van der Waals surface area contributed by atoms with Gasteiger partial charge in [0, 0.05) is 26.7 Å². The van der Waals surface area contributed by atoms with E-state index in [1.807, 2.05) is 30.3 Å². The number of esters is 1. The Hall–Kier alpha value is -3.22. The van der Waals surface area contributed by atoms with Gasteiger partial charge in [0.1, 0.15) is 5.75 Å². The van der Waals surface area contributed by atoms with Crippen LogP contribution >= 0.6 is 0 Å². The van der Waals surface area contributed by atoms with Crippen molar-refractivity contribution in [3.05, 3.63) is 53.6 Å². The number of hydrogen-bond acceptors (Lipinski definition) is 5. The van der Waals surface area contributed by atoms with Gasteiger partial charge in [-0.25, -0.2) is 9.59 Å². The van der Waals surface area contributed by atoms with Gasteiger partial charge in [-0.3, -0.25) is 0 Å². The predicted molar refractivity (Wildman–Crippen MR) is 113 cm³/mol. The second-order valence-corrected chi connectivity index (χ2v) is 7.06. The molecule has 0 saturated carbocycles. The van der Waals surface area contributed by atoms with E-state index in [0.29, 0.717) is 17.8 Å². The van der Waals surface area contributed by atoms with Gasteiger partial charge < -0.3 is 24.6 Å². The summed E-state index contributed by atoms with van der Waals surface area (Å²) in [6.07, 6.45) is 2.23. The third kappa shape index (κ3) is 4.99. The summed E-state index contributed by atoms with van der Waals surface area (Å²) < 4.78 is 10.1. The van der Waals surface area contributed by atoms with Crippen molar-refractivity contribution < 1.29 is 19.1 Å². The van der Waals surface area contributed by atoms with E-state index < -0.39 is 5.97 Å². The zero-order valence-electron chi connectivity index (χ0n) is 17.1. The number of hydrogen-bond donors (Lipinski definition) is 1. The number of rotatable bonds is 6. The maximum Gasteiger partial charge on any atom is 0.337 e. The molecule has 1 heterocycles. The van der Waals surface area contributed by atoms with Gasteiger partial charge in [-0.15, -0.1) is 0 Å². The summed E-state index contributed by atoms with van der Waals surface area (Å²) >= 11 is 0. The number of benzene rings is 2. The lowest BCUT2D eigenvalue weighted by atomic mass is 10.1. The minimum absolute atomic E-state index is 0.254. The summed E-state index contributed by atoms with van der Waals surface area (Å²) in [5.74, 6) is 0.316. The monoisotopic (exact) mass is 397 g/mol. The zero-order chi connectivity index (χ0) is 20.8. The van der Waals surface area contributed by atoms with Crippen molar-refractivity contribution in [3.8, 4) is 5.75 Å². The minimum Gasteiger partial charge on any atom is -0.497 e. The summed E-state index contributed by atoms with van der Waals surface area (Å²) in [5.41, 5.74) is 2.89. The lowest BCUT2D eigenvalue weighted by molar-refractivity contribution is 0.0600. The number of amides is 2. The number of methoxy groups -OCH3 is 2. The summed E-state index contributed by atoms with van der Waals surface area (Å²) in [7, 11) is 4.69. The molecule has 0 aromatic heterocycles. The van der Waals surface area contributed by atoms with Crippen molar-refractivity contribution in [2.75, 3.05) is 44.6 Å². The number of nitrogens with one attached hydrogen (secondary N) is 1. The molecule has 1 aliphatic rings. The minimum atomic E-state index is -0.432. The second kappa shape index (κ2) is 9.32. The first kappa shape index (κ1) is 20.5. The van der Waals surface area contributed by atoms with Gasteiger partial charge in [0.25, 0.3) is 0 Å². The lowest BCUT2D eigenvalue weighted by Gasteiger charge is -2.24. The normalized spacial score (nSPS) is 13.1. The molecule has 0 atom stereocenters. The van der Waals surface area contributed by atoms with E-state index in [4.69, 9.17) is 9.47 Å². The molecule has 1 saturated heterocycles. The van der Waals surface area contributed by atoms with Crippen LogP contribution in [0, 0.1) is 0 Å². The van der Waals surface area contributed by atoms with Gasteiger partial charge in [0.05, 0.1) is 31.2 Å². The smallest absolute Gasteiger partial charge is 0.337 e. The van der Waals surface area contributed by atoms with Gasteiger partial charge in [-0.2, -0.15) is 0 Å². The van der Waals surface area contributed by atoms with Crippen molar-refractivity contribution in [2.45, 2.75) is 19.4 Å². The van der Waals surface area contributed by atoms with Crippen LogP contribution in [0.2, 0.25) is 0 Å². The molecule has 1 aliphatic heterocycles. The van der Waals surface area contributed by atoms with Crippen LogP contribution < -0.4 is 15.0 Å². The molecule has 1 fully saturated rings. The Labute approximate surface area is 171 Å². The molecule has 2 aromatic rings. The lowest BCUT2D eigenvalue weighted by Crippen LogP contribution is -2.32. The Kier molecular flexibility index (Phi) is 6.59. The molecule has 0 radical (unpaired) electrons. The maximum atomic E-state index is 12.8. The first-order chi connectivity index (χ1) is 14.0. The second-order valence-electron chi connectivity index (χ2n) is 7.06. The van der Waals surface area contributed by atoms with Crippen LogP contribution in [0.1, 0.15) is 28.8 Å². The maximum absolute atomic E-state index is 12.8. The summed E-state index contributed by atoms with van der Waals surface area (Å²) in [5, 5.41) is 2.96. The van der Waals surface area contributed by atoms with Crippen LogP contribution in [0.15, 0.2) is 42.5 Å². The molecule has 7 heteroatoms. The Morgan fingerprint density at radius 3 is 2.55 bits per heavy atom. The van der Waals surface area contributed by atoms with E-state index in [2.05, 4.69) is 10.2 Å². The molecule has 29 heavy (non-hydrogen) atoms. The van der Waals surface area contributed by atoms with Crippen LogP contribution in [0.25, 0.3) is 0 Å². The van der Waals surface area contributed by atoms with Crippen LogP contribution in [-0.4, -0.2) is 51.3 Å². The number of ether oxygens (including phenoxy) is 2. The quantitative estimate of drug-likeness (QED) is 0.752. The van der Waals surface area contributed by atoms with Crippen LogP contribution in [-0.2, 0) is 11.3 Å². The molecule has 0 spiro atoms. The Morgan fingerprint density at radius 2 is 1.86 bits per heavy atom. The molecule has 0 aliphatic carbocycles. The molecule has 2 aromatic carbocycles. The fourth-order valence-electron chi connectivity index (χ4n) is 3.44. The fraction of sp³-hybridized carbons (Fsp3) is 0.364. The average molecular weight is 397 g/mol. The first-order valence-electron chi connectivity index (χ1n) is 9.64. The van der Waals surface area contributed by atoms with Crippen molar-refractivity contribution in [1.82, 2.24) is 4.90 Å². The van der Waals surface area contributed by atoms with Crippen molar-refractivity contribution in [3.63, 3.8) is 0 Å². The number of carbonyl (C=O) groups is 2. The number of urea groups is 1. The topological polar surface area (TPSA) is 71.1 Å². The van der Waals surface area contributed by atoms with E-state index in [1.165, 1.54) is 7.11 Å². The van der Waals surface area contributed by atoms with Gasteiger partial charge in [-0.05, 0) is 48.7 Å². The van der Waals surface area contributed by atoms with E-state index in [0.717, 1.165) is 42.9 Å². The summed E-state index contributed by atoms with van der Waals surface area (Å²) in [4.78, 5) is 28.6. The highest BCUT2D eigenvalue weighted by molar-refractivity contribution is 5.97. The van der Waals surface area contributed by atoms with Gasteiger partial charge >= 0.3 is 12.0 Å². The molecule has 7 nitrogen and oxygen atoms in total. The Bertz CT molecular complexity index is 878. The number of nitrogens with zero attached hydrogens (tertiary/aromatic N) is 2. The molecule has 0 unspecified atom stereocenters. The average Bonchev–Trinajstić information content (AvgIpc) is 3.27. The molecule has 3 rings (SSSR count). The van der Waals surface area contributed by atoms with Crippen LogP contribution in [0.4, 0.5) is 16.2 Å². The van der Waals surface area contributed by atoms with E-state index in [9.17, 15) is 9.59 Å². The molecule has 0 bridgehead atoms. The number of carbonyl (C=O) groups excluding carboxylic acids is 2. The molecule has 1 N–H and O–H groups in total. The zero-order valence-corrected chi connectivity index (χ0v) is 17.1. The van der Waals surface area contributed by atoms with Crippen molar-refractivity contribution >= 4 is 23.4 Å². The fourth-order valence-corrected chi connectivity index (χ4v) is 3.44. The van der Waals surface area contributed by atoms with Gasteiger partial charge in [0.15, 0.2) is 0 Å². The van der Waals surface area contributed by atoms with Crippen LogP contribution in [0.3, 0.4) is 0 Å². The Morgan fingerprint density at radius 1 is 1.10 bits per heavy atom. The van der Waals surface area contributed by atoms with Crippen LogP contribution in [0.5, 0.6) is 5.75 Å². The largest absolute Gasteiger partial charge is 0.497 e. The Balaban J connectivity index is 1.78. The number of anilines is 2. The standard InChI is InChI=1S/C22H27N3O4/c1-24(15-16-7-6-8-18(13-16)28-2)22(27)23-19-14-17(21(26)29-3)9-10-20(19)25-11-4-5-12-25/h6-10,13-14H,4-5,11-12,15H2,1-3H3,(H,23,27). The summed E-state index contributed by atoms with van der Waals surface area (Å²) in [6.45, 7) is 2.29. The van der Waals surface area contributed by atoms with E-state index >= 15 is 0 Å². The highest BCUT2D eigenvalue weighted by Crippen LogP contribution is 2.30. The molecular weight excluding hydrogens is 370 g/mol. The summed E-state index contributed by atoms with van der Waals surface area (Å²) in [6, 6.07) is 12.6.